The van der Waals surface area contributed by atoms with Gasteiger partial charge in [0.2, 0.25) is 0 Å². The molecule has 0 unspecified atom stereocenters. The molecule has 1 atom stereocenters. The number of hydrogen-bond donors (Lipinski definition) is 1. The van der Waals surface area contributed by atoms with Crippen LogP contribution >= 0.6 is 0 Å². The lowest BCUT2D eigenvalue weighted by atomic mass is 10.0. The van der Waals surface area contributed by atoms with Crippen molar-refractivity contribution >= 4 is 15.7 Å². The summed E-state index contributed by atoms with van der Waals surface area (Å²) in [6.45, 7) is 1.70. The fourth-order valence-corrected chi connectivity index (χ4v) is 4.07. The number of fused-ring (bicyclic) bond motifs is 1. The second-order valence-corrected chi connectivity index (χ2v) is 7.07. The van der Waals surface area contributed by atoms with Crippen molar-refractivity contribution in [1.29, 1.82) is 0 Å². The third-order valence-electron chi connectivity index (χ3n) is 3.47. The highest BCUT2D eigenvalue weighted by Crippen LogP contribution is 2.31. The van der Waals surface area contributed by atoms with Gasteiger partial charge in [-0.05, 0) is 25.0 Å². The molecule has 1 aromatic heterocycles. The Balaban J connectivity index is 1.89. The second-order valence-electron chi connectivity index (χ2n) is 4.99. The molecule has 2 aromatic rings. The Kier molecular flexibility index (Phi) is 3.29. The van der Waals surface area contributed by atoms with E-state index in [1.54, 1.807) is 37.3 Å². The summed E-state index contributed by atoms with van der Waals surface area (Å²) in [6, 6.07) is 7.95. The molecule has 0 radical (unpaired) electrons. The average Bonchev–Trinajstić information content (AvgIpc) is 2.89. The van der Waals surface area contributed by atoms with E-state index in [0.29, 0.717) is 17.7 Å². The molecule has 2 heterocycles. The molecule has 0 saturated heterocycles. The average molecular weight is 306 g/mol. The van der Waals surface area contributed by atoms with Crippen molar-refractivity contribution in [2.24, 2.45) is 0 Å². The van der Waals surface area contributed by atoms with Gasteiger partial charge in [-0.3, -0.25) is 4.79 Å². The first kappa shape index (κ1) is 13.8. The molecule has 1 aliphatic rings. The molecule has 7 heteroatoms. The lowest BCUT2D eigenvalue weighted by molar-refractivity contribution is 0.0925. The van der Waals surface area contributed by atoms with Gasteiger partial charge in [-0.15, -0.1) is 0 Å². The van der Waals surface area contributed by atoms with Crippen molar-refractivity contribution in [1.82, 2.24) is 10.5 Å². The van der Waals surface area contributed by atoms with Crippen LogP contribution in [0, 0.1) is 6.92 Å². The van der Waals surface area contributed by atoms with Crippen LogP contribution in [0.25, 0.3) is 0 Å². The normalized spacial score (nSPS) is 19.8. The molecule has 0 bridgehead atoms. The molecule has 0 fully saturated rings. The zero-order valence-corrected chi connectivity index (χ0v) is 12.2. The first-order valence-corrected chi connectivity index (χ1v) is 8.18. The van der Waals surface area contributed by atoms with Gasteiger partial charge in [0.15, 0.2) is 15.5 Å². The number of rotatable bonds is 2. The molecule has 1 aliphatic heterocycles. The van der Waals surface area contributed by atoms with Crippen LogP contribution in [0.3, 0.4) is 0 Å². The third-order valence-corrected chi connectivity index (χ3v) is 5.29. The number of amides is 1. The minimum Gasteiger partial charge on any atom is -0.361 e. The Morgan fingerprint density at radius 3 is 2.86 bits per heavy atom. The SMILES string of the molecule is Cc1cc(C(=O)N[C@@H]2CCS(=O)(=O)c3ccccc32)no1. The summed E-state index contributed by atoms with van der Waals surface area (Å²) in [5.41, 5.74) is 0.815. The standard InChI is InChI=1S/C14H14N2O4S/c1-9-8-12(16-20-9)14(17)15-11-6-7-21(18,19)13-5-3-2-4-10(11)13/h2-5,8,11H,6-7H2,1H3,(H,15,17)/t11-/m1/s1. The number of benzene rings is 1. The van der Waals surface area contributed by atoms with E-state index < -0.39 is 9.84 Å². The lowest BCUT2D eigenvalue weighted by Crippen LogP contribution is -2.34. The highest BCUT2D eigenvalue weighted by molar-refractivity contribution is 7.91. The van der Waals surface area contributed by atoms with E-state index in [2.05, 4.69) is 10.5 Å². The summed E-state index contributed by atoms with van der Waals surface area (Å²) < 4.78 is 28.9. The van der Waals surface area contributed by atoms with Gasteiger partial charge in [-0.1, -0.05) is 23.4 Å². The zero-order valence-electron chi connectivity index (χ0n) is 11.4. The van der Waals surface area contributed by atoms with Crippen LogP contribution < -0.4 is 5.32 Å². The lowest BCUT2D eigenvalue weighted by Gasteiger charge is -2.25. The highest BCUT2D eigenvalue weighted by atomic mass is 32.2. The van der Waals surface area contributed by atoms with Crippen LogP contribution in [0.4, 0.5) is 0 Å². The second kappa shape index (κ2) is 5.00. The van der Waals surface area contributed by atoms with Crippen molar-refractivity contribution in [3.63, 3.8) is 0 Å². The van der Waals surface area contributed by atoms with Gasteiger partial charge in [0.25, 0.3) is 5.91 Å². The van der Waals surface area contributed by atoms with E-state index in [0.717, 1.165) is 0 Å². The maximum Gasteiger partial charge on any atom is 0.273 e. The Bertz CT molecular complexity index is 795. The number of carbonyl (C=O) groups is 1. The third kappa shape index (κ3) is 2.56. The molecule has 3 rings (SSSR count). The fraction of sp³-hybridized carbons (Fsp3) is 0.286. The zero-order chi connectivity index (χ0) is 15.0. The summed E-state index contributed by atoms with van der Waals surface area (Å²) in [5.74, 6) is 0.199. The Hall–Kier alpha value is -2.15. The van der Waals surface area contributed by atoms with Crippen LogP contribution in [0.5, 0.6) is 0 Å². The van der Waals surface area contributed by atoms with Crippen LogP contribution in [-0.2, 0) is 9.84 Å². The van der Waals surface area contributed by atoms with Crippen molar-refractivity contribution in [2.45, 2.75) is 24.3 Å². The highest BCUT2D eigenvalue weighted by Gasteiger charge is 2.31. The molecular weight excluding hydrogens is 292 g/mol. The Morgan fingerprint density at radius 1 is 1.38 bits per heavy atom. The number of hydrogen-bond acceptors (Lipinski definition) is 5. The molecule has 1 aromatic carbocycles. The fourth-order valence-electron chi connectivity index (χ4n) is 2.45. The first-order valence-electron chi connectivity index (χ1n) is 6.53. The summed E-state index contributed by atoms with van der Waals surface area (Å²) in [5, 5.41) is 6.48. The van der Waals surface area contributed by atoms with E-state index in [1.807, 2.05) is 0 Å². The van der Waals surface area contributed by atoms with Gasteiger partial charge in [0.05, 0.1) is 16.7 Å². The first-order chi connectivity index (χ1) is 9.97. The Labute approximate surface area is 122 Å². The number of aromatic nitrogens is 1. The number of aryl methyl sites for hydroxylation is 1. The van der Waals surface area contributed by atoms with Gasteiger partial charge in [0.1, 0.15) is 5.76 Å². The quantitative estimate of drug-likeness (QED) is 0.911. The summed E-state index contributed by atoms with van der Waals surface area (Å²) in [6.07, 6.45) is 0.349. The van der Waals surface area contributed by atoms with E-state index in [1.165, 1.54) is 0 Å². The van der Waals surface area contributed by atoms with Gasteiger partial charge < -0.3 is 9.84 Å². The predicted octanol–water partition coefficient (Wildman–Crippen LogP) is 1.63. The summed E-state index contributed by atoms with van der Waals surface area (Å²) >= 11 is 0. The van der Waals surface area contributed by atoms with Crippen LogP contribution in [0.2, 0.25) is 0 Å². The van der Waals surface area contributed by atoms with Crippen molar-refractivity contribution in [3.8, 4) is 0 Å². The van der Waals surface area contributed by atoms with E-state index >= 15 is 0 Å². The molecule has 6 nitrogen and oxygen atoms in total. The van der Waals surface area contributed by atoms with Gasteiger partial charge >= 0.3 is 0 Å². The minimum atomic E-state index is -3.26. The molecule has 0 spiro atoms. The maximum atomic E-state index is 12.1. The van der Waals surface area contributed by atoms with E-state index in [-0.39, 0.29) is 28.3 Å². The number of nitrogens with zero attached hydrogens (tertiary/aromatic N) is 1. The monoisotopic (exact) mass is 306 g/mol. The van der Waals surface area contributed by atoms with E-state index in [9.17, 15) is 13.2 Å². The Morgan fingerprint density at radius 2 is 2.14 bits per heavy atom. The van der Waals surface area contributed by atoms with Crippen LogP contribution in [0.1, 0.15) is 34.3 Å². The molecule has 110 valence electrons. The topological polar surface area (TPSA) is 89.3 Å². The molecule has 0 aliphatic carbocycles. The van der Waals surface area contributed by atoms with E-state index in [4.69, 9.17) is 4.52 Å². The summed E-state index contributed by atoms with van der Waals surface area (Å²) in [7, 11) is -3.26. The van der Waals surface area contributed by atoms with Crippen LogP contribution in [0.15, 0.2) is 39.8 Å². The molecule has 1 N–H and O–H groups in total. The maximum absolute atomic E-state index is 12.1. The van der Waals surface area contributed by atoms with Crippen molar-refractivity contribution < 1.29 is 17.7 Å². The molecular formula is C14H14N2O4S. The van der Waals surface area contributed by atoms with Crippen LogP contribution in [-0.4, -0.2) is 25.2 Å². The molecule has 21 heavy (non-hydrogen) atoms. The summed E-state index contributed by atoms with van der Waals surface area (Å²) in [4.78, 5) is 12.4. The van der Waals surface area contributed by atoms with Gasteiger partial charge in [-0.2, -0.15) is 0 Å². The number of carbonyl (C=O) groups excluding carboxylic acids is 1. The largest absolute Gasteiger partial charge is 0.361 e. The predicted molar refractivity (Wildman–Crippen MR) is 74.6 cm³/mol. The molecule has 0 saturated carbocycles. The smallest absolute Gasteiger partial charge is 0.273 e. The van der Waals surface area contributed by atoms with Gasteiger partial charge in [-0.25, -0.2) is 8.42 Å². The van der Waals surface area contributed by atoms with Crippen molar-refractivity contribution in [2.75, 3.05) is 5.75 Å². The van der Waals surface area contributed by atoms with Gasteiger partial charge in [0, 0.05) is 6.07 Å². The van der Waals surface area contributed by atoms with Crippen molar-refractivity contribution in [3.05, 3.63) is 47.3 Å². The minimum absolute atomic E-state index is 0.0206. The molecule has 1 amide bonds. The number of nitrogens with one attached hydrogen (secondary N) is 1. The number of sulfone groups is 1.